The van der Waals surface area contributed by atoms with Gasteiger partial charge in [0.1, 0.15) is 18.5 Å². The molecule has 126 valence electrons. The highest BCUT2D eigenvalue weighted by atomic mass is 19.1. The summed E-state index contributed by atoms with van der Waals surface area (Å²) in [6.45, 7) is 3.30. The van der Waals surface area contributed by atoms with Crippen LogP contribution >= 0.6 is 0 Å². The summed E-state index contributed by atoms with van der Waals surface area (Å²) in [4.78, 5) is 2.38. The molecule has 24 heavy (non-hydrogen) atoms. The molecule has 2 aromatic rings. The Morgan fingerprint density at radius 2 is 1.83 bits per heavy atom. The van der Waals surface area contributed by atoms with E-state index in [1.54, 1.807) is 12.1 Å². The van der Waals surface area contributed by atoms with Gasteiger partial charge in [-0.3, -0.25) is 4.90 Å². The van der Waals surface area contributed by atoms with Crippen molar-refractivity contribution >= 4 is 0 Å². The van der Waals surface area contributed by atoms with Crippen molar-refractivity contribution in [1.82, 2.24) is 4.90 Å². The van der Waals surface area contributed by atoms with Crippen molar-refractivity contribution in [3.8, 4) is 11.5 Å². The average Bonchev–Trinajstić information content (AvgIpc) is 2.62. The Bertz CT molecular complexity index is 706. The second kappa shape index (κ2) is 6.81. The van der Waals surface area contributed by atoms with E-state index in [1.165, 1.54) is 0 Å². The highest BCUT2D eigenvalue weighted by Crippen LogP contribution is 2.32. The van der Waals surface area contributed by atoms with E-state index in [0.717, 1.165) is 49.5 Å². The van der Waals surface area contributed by atoms with Gasteiger partial charge in [0.15, 0.2) is 11.5 Å². The van der Waals surface area contributed by atoms with Gasteiger partial charge in [0.2, 0.25) is 0 Å². The zero-order chi connectivity index (χ0) is 16.4. The van der Waals surface area contributed by atoms with E-state index in [0.29, 0.717) is 6.61 Å². The lowest BCUT2D eigenvalue weighted by Gasteiger charge is -2.36. The van der Waals surface area contributed by atoms with Gasteiger partial charge in [0.05, 0.1) is 0 Å². The molecule has 0 unspecified atom stereocenters. The maximum atomic E-state index is 14.1. The van der Waals surface area contributed by atoms with Crippen molar-refractivity contribution < 1.29 is 13.9 Å². The van der Waals surface area contributed by atoms with E-state index >= 15 is 0 Å². The molecule has 2 aliphatic rings. The van der Waals surface area contributed by atoms with Crippen LogP contribution in [-0.2, 0) is 0 Å². The second-order valence-corrected chi connectivity index (χ2v) is 6.62. The molecular formula is C20H22FNO2. The third-order valence-corrected chi connectivity index (χ3v) is 4.88. The second-order valence-electron chi connectivity index (χ2n) is 6.62. The van der Waals surface area contributed by atoms with Crippen LogP contribution in [0.3, 0.4) is 0 Å². The van der Waals surface area contributed by atoms with Crippen molar-refractivity contribution in [3.05, 3.63) is 59.9 Å². The largest absolute Gasteiger partial charge is 0.486 e. The molecule has 0 amide bonds. The number of benzene rings is 2. The first kappa shape index (κ1) is 15.5. The average molecular weight is 327 g/mol. The van der Waals surface area contributed by atoms with Crippen LogP contribution in [0.5, 0.6) is 11.5 Å². The minimum absolute atomic E-state index is 0.0271. The lowest BCUT2D eigenvalue weighted by atomic mass is 9.90. The van der Waals surface area contributed by atoms with Gasteiger partial charge in [0, 0.05) is 13.1 Å². The van der Waals surface area contributed by atoms with Crippen LogP contribution in [0.4, 0.5) is 4.39 Å². The summed E-state index contributed by atoms with van der Waals surface area (Å²) in [5.41, 5.74) is 0.841. The molecule has 2 atom stereocenters. The predicted molar refractivity (Wildman–Crippen MR) is 91.2 cm³/mol. The van der Waals surface area contributed by atoms with Gasteiger partial charge in [-0.15, -0.1) is 0 Å². The van der Waals surface area contributed by atoms with Crippen LogP contribution < -0.4 is 9.47 Å². The van der Waals surface area contributed by atoms with Crippen molar-refractivity contribution in [3.63, 3.8) is 0 Å². The van der Waals surface area contributed by atoms with Gasteiger partial charge in [-0.25, -0.2) is 4.39 Å². The number of ether oxygens (including phenoxy) is 2. The first-order chi connectivity index (χ1) is 11.8. The zero-order valence-electron chi connectivity index (χ0n) is 13.7. The standard InChI is InChI=1S/C20H22FNO2/c21-18-8-2-1-7-17(18)15-6-5-11-22(12-15)13-16-14-23-19-9-3-4-10-20(19)24-16/h1-4,7-10,15-16H,5-6,11-14H2/t15-,16+/m1/s1. The number of likely N-dealkylation sites (tertiary alicyclic amines) is 1. The number of hydrogen-bond acceptors (Lipinski definition) is 3. The fraction of sp³-hybridized carbons (Fsp3) is 0.400. The molecule has 1 saturated heterocycles. The molecule has 4 rings (SSSR count). The molecule has 0 saturated carbocycles. The molecule has 0 N–H and O–H groups in total. The minimum Gasteiger partial charge on any atom is -0.486 e. The summed E-state index contributed by atoms with van der Waals surface area (Å²) in [6.07, 6.45) is 2.16. The molecule has 2 aliphatic heterocycles. The summed E-state index contributed by atoms with van der Waals surface area (Å²) in [6, 6.07) is 14.9. The van der Waals surface area contributed by atoms with Gasteiger partial charge in [-0.2, -0.15) is 0 Å². The monoisotopic (exact) mass is 327 g/mol. The van der Waals surface area contributed by atoms with Gasteiger partial charge in [-0.05, 0) is 49.1 Å². The van der Waals surface area contributed by atoms with Crippen LogP contribution in [0.2, 0.25) is 0 Å². The molecule has 2 aromatic carbocycles. The first-order valence-corrected chi connectivity index (χ1v) is 8.65. The Morgan fingerprint density at radius 1 is 1.04 bits per heavy atom. The molecule has 0 aliphatic carbocycles. The molecule has 0 aromatic heterocycles. The van der Waals surface area contributed by atoms with E-state index in [-0.39, 0.29) is 17.8 Å². The van der Waals surface area contributed by atoms with Gasteiger partial charge < -0.3 is 9.47 Å². The first-order valence-electron chi connectivity index (χ1n) is 8.65. The fourth-order valence-corrected chi connectivity index (χ4v) is 3.72. The molecule has 3 nitrogen and oxygen atoms in total. The third-order valence-electron chi connectivity index (χ3n) is 4.88. The number of para-hydroxylation sites is 2. The minimum atomic E-state index is -0.0875. The van der Waals surface area contributed by atoms with Crippen molar-refractivity contribution in [2.45, 2.75) is 24.9 Å². The molecule has 4 heteroatoms. The lowest BCUT2D eigenvalue weighted by molar-refractivity contribution is 0.0503. The molecule has 1 fully saturated rings. The molecular weight excluding hydrogens is 305 g/mol. The molecule has 0 bridgehead atoms. The molecule has 0 spiro atoms. The normalized spacial score (nSPS) is 23.9. The third kappa shape index (κ3) is 3.24. The maximum absolute atomic E-state index is 14.1. The number of hydrogen-bond donors (Lipinski definition) is 0. The lowest BCUT2D eigenvalue weighted by Crippen LogP contribution is -2.44. The van der Waals surface area contributed by atoms with E-state index in [2.05, 4.69) is 4.90 Å². The Kier molecular flexibility index (Phi) is 4.39. The Morgan fingerprint density at radius 3 is 2.71 bits per heavy atom. The number of rotatable bonds is 3. The number of nitrogens with zero attached hydrogens (tertiary/aromatic N) is 1. The smallest absolute Gasteiger partial charge is 0.161 e. The fourth-order valence-electron chi connectivity index (χ4n) is 3.72. The highest BCUT2D eigenvalue weighted by molar-refractivity contribution is 5.40. The summed E-state index contributed by atoms with van der Waals surface area (Å²) in [5.74, 6) is 1.81. The van der Waals surface area contributed by atoms with Gasteiger partial charge in [0.25, 0.3) is 0 Å². The summed E-state index contributed by atoms with van der Waals surface area (Å²) in [7, 11) is 0. The van der Waals surface area contributed by atoms with Crippen LogP contribution in [0.1, 0.15) is 24.3 Å². The number of piperidine rings is 1. The van der Waals surface area contributed by atoms with Crippen LogP contribution in [0.25, 0.3) is 0 Å². The van der Waals surface area contributed by atoms with Gasteiger partial charge in [-0.1, -0.05) is 30.3 Å². The maximum Gasteiger partial charge on any atom is 0.161 e. The molecule has 2 heterocycles. The van der Waals surface area contributed by atoms with Crippen LogP contribution in [-0.4, -0.2) is 37.2 Å². The Labute approximate surface area is 142 Å². The van der Waals surface area contributed by atoms with E-state index in [4.69, 9.17) is 9.47 Å². The van der Waals surface area contributed by atoms with Crippen molar-refractivity contribution in [1.29, 1.82) is 0 Å². The molecule has 0 radical (unpaired) electrons. The topological polar surface area (TPSA) is 21.7 Å². The SMILES string of the molecule is Fc1ccccc1[C@@H]1CCCN(C[C@H]2COc3ccccc3O2)C1. The quantitative estimate of drug-likeness (QED) is 0.855. The van der Waals surface area contributed by atoms with Crippen LogP contribution in [0, 0.1) is 5.82 Å². The highest BCUT2D eigenvalue weighted by Gasteiger charge is 2.28. The number of fused-ring (bicyclic) bond motifs is 1. The predicted octanol–water partition coefficient (Wildman–Crippen LogP) is 3.85. The summed E-state index contributed by atoms with van der Waals surface area (Å²) < 4.78 is 25.9. The van der Waals surface area contributed by atoms with Gasteiger partial charge >= 0.3 is 0 Å². The van der Waals surface area contributed by atoms with Crippen LogP contribution in [0.15, 0.2) is 48.5 Å². The van der Waals surface area contributed by atoms with Crippen molar-refractivity contribution in [2.75, 3.05) is 26.2 Å². The Balaban J connectivity index is 1.40. The summed E-state index contributed by atoms with van der Waals surface area (Å²) in [5, 5.41) is 0. The summed E-state index contributed by atoms with van der Waals surface area (Å²) >= 11 is 0. The number of halogens is 1. The van der Waals surface area contributed by atoms with E-state index in [1.807, 2.05) is 36.4 Å². The zero-order valence-corrected chi connectivity index (χ0v) is 13.7. The van der Waals surface area contributed by atoms with E-state index < -0.39 is 0 Å². The van der Waals surface area contributed by atoms with E-state index in [9.17, 15) is 4.39 Å². The Hall–Kier alpha value is -2.07. The van der Waals surface area contributed by atoms with Crippen molar-refractivity contribution in [2.24, 2.45) is 0 Å².